The summed E-state index contributed by atoms with van der Waals surface area (Å²) >= 11 is 0. The summed E-state index contributed by atoms with van der Waals surface area (Å²) in [6.45, 7) is 11.0. The Morgan fingerprint density at radius 2 is 1.75 bits per heavy atom. The Balaban J connectivity index is 3.31. The Kier molecular flexibility index (Phi) is 11.3. The van der Waals surface area contributed by atoms with Crippen LogP contribution < -0.4 is 0 Å². The maximum Gasteiger partial charge on any atom is 0.0781 e. The van der Waals surface area contributed by atoms with Crippen molar-refractivity contribution in [2.45, 2.75) is 52.7 Å². The maximum absolute atomic E-state index is 5.62. The van der Waals surface area contributed by atoms with Gasteiger partial charge in [-0.15, -0.1) is 0 Å². The van der Waals surface area contributed by atoms with Crippen LogP contribution in [0.5, 0.6) is 0 Å². The fraction of sp³-hybridized carbons (Fsp3) is 0.923. The third-order valence-electron chi connectivity index (χ3n) is 2.16. The molecule has 0 aromatic carbocycles. The van der Waals surface area contributed by atoms with Gasteiger partial charge in [-0.05, 0) is 26.7 Å². The van der Waals surface area contributed by atoms with E-state index in [-0.39, 0.29) is 12.2 Å². The number of unbranched alkanes of at least 4 members (excludes halogenated alkanes) is 1. The molecule has 0 aliphatic carbocycles. The fourth-order valence-electron chi connectivity index (χ4n) is 1.15. The average molecular weight is 231 g/mol. The van der Waals surface area contributed by atoms with Gasteiger partial charge in [-0.1, -0.05) is 20.3 Å². The molecule has 16 heavy (non-hydrogen) atoms. The van der Waals surface area contributed by atoms with Gasteiger partial charge >= 0.3 is 0 Å². The van der Waals surface area contributed by atoms with Crippen LogP contribution in [-0.2, 0) is 14.2 Å². The molecule has 0 amide bonds. The second-order valence-electron chi connectivity index (χ2n) is 4.12. The summed E-state index contributed by atoms with van der Waals surface area (Å²) < 4.78 is 16.6. The zero-order valence-electron chi connectivity index (χ0n) is 11.2. The van der Waals surface area contributed by atoms with Gasteiger partial charge in [0.15, 0.2) is 0 Å². The highest BCUT2D eigenvalue weighted by Gasteiger charge is 2.06. The van der Waals surface area contributed by atoms with Gasteiger partial charge in [-0.3, -0.25) is 0 Å². The van der Waals surface area contributed by atoms with Gasteiger partial charge in [0.2, 0.25) is 0 Å². The van der Waals surface area contributed by atoms with Crippen molar-refractivity contribution < 1.29 is 14.2 Å². The van der Waals surface area contributed by atoms with E-state index in [1.165, 1.54) is 6.42 Å². The molecule has 97 valence electrons. The maximum atomic E-state index is 5.62. The molecule has 0 heterocycles. The highest BCUT2D eigenvalue weighted by Crippen LogP contribution is 1.99. The zero-order valence-corrected chi connectivity index (χ0v) is 11.2. The predicted molar refractivity (Wildman–Crippen MR) is 66.5 cm³/mol. The van der Waals surface area contributed by atoms with Crippen molar-refractivity contribution in [2.75, 3.05) is 26.4 Å². The quantitative estimate of drug-likeness (QED) is 0.512. The second-order valence-corrected chi connectivity index (χ2v) is 4.12. The summed E-state index contributed by atoms with van der Waals surface area (Å²) in [6.07, 6.45) is 4.59. The first-order valence-electron chi connectivity index (χ1n) is 6.29. The minimum Gasteiger partial charge on any atom is -0.379 e. The normalized spacial score (nSPS) is 15.0. The Morgan fingerprint density at radius 3 is 2.38 bits per heavy atom. The molecular formula is C13H27O3. The van der Waals surface area contributed by atoms with Gasteiger partial charge in [0.1, 0.15) is 0 Å². The van der Waals surface area contributed by atoms with Crippen molar-refractivity contribution >= 4 is 0 Å². The average Bonchev–Trinajstić information content (AvgIpc) is 2.29. The largest absolute Gasteiger partial charge is 0.379 e. The molecule has 0 aliphatic rings. The third-order valence-corrected chi connectivity index (χ3v) is 2.16. The van der Waals surface area contributed by atoms with Crippen LogP contribution in [0.2, 0.25) is 0 Å². The monoisotopic (exact) mass is 231 g/mol. The molecule has 0 aliphatic heterocycles. The molecule has 0 N–H and O–H groups in total. The summed E-state index contributed by atoms with van der Waals surface area (Å²) in [6, 6.07) is 0. The van der Waals surface area contributed by atoms with Gasteiger partial charge in [-0.2, -0.15) is 0 Å². The first kappa shape index (κ1) is 15.9. The predicted octanol–water partition coefficient (Wildman–Crippen LogP) is 2.84. The van der Waals surface area contributed by atoms with Crippen LogP contribution >= 0.6 is 0 Å². The minimum absolute atomic E-state index is 0.147. The van der Waals surface area contributed by atoms with Crippen molar-refractivity contribution in [2.24, 2.45) is 0 Å². The fourth-order valence-corrected chi connectivity index (χ4v) is 1.15. The van der Waals surface area contributed by atoms with E-state index >= 15 is 0 Å². The van der Waals surface area contributed by atoms with E-state index in [0.29, 0.717) is 19.8 Å². The van der Waals surface area contributed by atoms with Crippen molar-refractivity contribution in [3.8, 4) is 0 Å². The Morgan fingerprint density at radius 1 is 1.06 bits per heavy atom. The smallest absolute Gasteiger partial charge is 0.0781 e. The molecule has 0 aromatic heterocycles. The van der Waals surface area contributed by atoms with Crippen LogP contribution in [0.4, 0.5) is 0 Å². The van der Waals surface area contributed by atoms with Gasteiger partial charge < -0.3 is 14.2 Å². The molecule has 3 nitrogen and oxygen atoms in total. The highest BCUT2D eigenvalue weighted by atomic mass is 16.6. The molecule has 3 heteroatoms. The SMILES string of the molecule is C[CH]COC(C)COC(C)COCCCC. The van der Waals surface area contributed by atoms with E-state index < -0.39 is 0 Å². The van der Waals surface area contributed by atoms with Gasteiger partial charge in [0.25, 0.3) is 0 Å². The van der Waals surface area contributed by atoms with Crippen LogP contribution in [0, 0.1) is 6.42 Å². The molecule has 0 spiro atoms. The van der Waals surface area contributed by atoms with Crippen molar-refractivity contribution in [3.63, 3.8) is 0 Å². The van der Waals surface area contributed by atoms with Crippen molar-refractivity contribution in [3.05, 3.63) is 6.42 Å². The second kappa shape index (κ2) is 11.4. The standard InChI is InChI=1S/C13H27O3/c1-5-7-9-14-10-12(3)16-11-13(4)15-8-6-2/h6,12-13H,5,7-11H2,1-4H3. The number of hydrogen-bond donors (Lipinski definition) is 0. The third kappa shape index (κ3) is 10.4. The van der Waals surface area contributed by atoms with E-state index in [9.17, 15) is 0 Å². The van der Waals surface area contributed by atoms with E-state index in [0.717, 1.165) is 13.0 Å². The summed E-state index contributed by atoms with van der Waals surface area (Å²) in [5.41, 5.74) is 0. The zero-order chi connectivity index (χ0) is 12.2. The Bertz CT molecular complexity index is 139. The van der Waals surface area contributed by atoms with Crippen LogP contribution in [0.3, 0.4) is 0 Å². The summed E-state index contributed by atoms with van der Waals surface area (Å²) in [7, 11) is 0. The molecule has 0 saturated carbocycles. The topological polar surface area (TPSA) is 27.7 Å². The molecule has 2 atom stereocenters. The molecule has 0 fully saturated rings. The van der Waals surface area contributed by atoms with E-state index in [2.05, 4.69) is 6.92 Å². The number of ether oxygens (including phenoxy) is 3. The molecule has 2 unspecified atom stereocenters. The van der Waals surface area contributed by atoms with Gasteiger partial charge in [-0.25, -0.2) is 0 Å². The van der Waals surface area contributed by atoms with E-state index in [4.69, 9.17) is 14.2 Å². The van der Waals surface area contributed by atoms with Crippen LogP contribution in [0.25, 0.3) is 0 Å². The van der Waals surface area contributed by atoms with Crippen molar-refractivity contribution in [1.82, 2.24) is 0 Å². The van der Waals surface area contributed by atoms with Gasteiger partial charge in [0.05, 0.1) is 25.4 Å². The minimum atomic E-state index is 0.147. The van der Waals surface area contributed by atoms with Crippen LogP contribution in [0.1, 0.15) is 40.5 Å². The lowest BCUT2D eigenvalue weighted by Gasteiger charge is -2.17. The summed E-state index contributed by atoms with van der Waals surface area (Å²) in [5, 5.41) is 0. The molecule has 0 bridgehead atoms. The first-order valence-corrected chi connectivity index (χ1v) is 6.29. The van der Waals surface area contributed by atoms with Crippen LogP contribution in [-0.4, -0.2) is 38.6 Å². The molecule has 0 saturated heterocycles. The lowest BCUT2D eigenvalue weighted by atomic mass is 10.3. The van der Waals surface area contributed by atoms with Crippen LogP contribution in [0.15, 0.2) is 0 Å². The molecule has 0 rings (SSSR count). The van der Waals surface area contributed by atoms with Gasteiger partial charge in [0, 0.05) is 13.2 Å². The molecular weight excluding hydrogens is 204 g/mol. The molecule has 0 aromatic rings. The Labute approximate surface area is 100 Å². The summed E-state index contributed by atoms with van der Waals surface area (Å²) in [5.74, 6) is 0. The lowest BCUT2D eigenvalue weighted by molar-refractivity contribution is -0.0536. The summed E-state index contributed by atoms with van der Waals surface area (Å²) in [4.78, 5) is 0. The van der Waals surface area contributed by atoms with E-state index in [1.54, 1.807) is 0 Å². The molecule has 1 radical (unpaired) electrons. The number of rotatable bonds is 11. The van der Waals surface area contributed by atoms with Crippen molar-refractivity contribution in [1.29, 1.82) is 0 Å². The first-order chi connectivity index (χ1) is 7.70. The number of hydrogen-bond acceptors (Lipinski definition) is 3. The lowest BCUT2D eigenvalue weighted by Crippen LogP contribution is -2.23. The highest BCUT2D eigenvalue weighted by molar-refractivity contribution is 4.57. The van der Waals surface area contributed by atoms with E-state index in [1.807, 2.05) is 27.2 Å². The Hall–Kier alpha value is -0.120.